The fourth-order valence-corrected chi connectivity index (χ4v) is 4.73. The minimum atomic E-state index is -0.445. The van der Waals surface area contributed by atoms with Crippen LogP contribution in [-0.4, -0.2) is 0 Å². The van der Waals surface area contributed by atoms with Gasteiger partial charge in [0.2, 0.25) is 10.9 Å². The Balaban J connectivity index is 2.23. The lowest BCUT2D eigenvalue weighted by Crippen LogP contribution is -2.15. The molecular weight excluding hydrogens is 350 g/mol. The quantitative estimate of drug-likeness (QED) is 0.428. The molecule has 0 fully saturated rings. The summed E-state index contributed by atoms with van der Waals surface area (Å²) in [6.45, 7) is 0. The fourth-order valence-electron chi connectivity index (χ4n) is 3.53. The van der Waals surface area contributed by atoms with Crippen LogP contribution in [0.25, 0.3) is 41.7 Å². The van der Waals surface area contributed by atoms with Crippen molar-refractivity contribution in [3.05, 3.63) is 83.4 Å². The van der Waals surface area contributed by atoms with Gasteiger partial charge in [0.25, 0.3) is 0 Å². The SMILES string of the molecule is Nc1ccc2c(=O)c3sc4c(=O)c5ccccc5c(=O)c4c3c(=O)c2c1. The molecule has 0 amide bonds. The fraction of sp³-hybridized carbons (Fsp3) is 0. The van der Waals surface area contributed by atoms with Crippen LogP contribution in [-0.2, 0) is 0 Å². The Labute approximate surface area is 148 Å². The smallest absolute Gasteiger partial charge is 0.204 e. The van der Waals surface area contributed by atoms with Gasteiger partial charge in [0.05, 0.1) is 20.2 Å². The third kappa shape index (κ3) is 1.69. The van der Waals surface area contributed by atoms with Crippen LogP contribution < -0.4 is 27.4 Å². The number of nitrogen functional groups attached to an aromatic ring is 1. The van der Waals surface area contributed by atoms with Crippen LogP contribution in [0, 0.1) is 0 Å². The van der Waals surface area contributed by atoms with E-state index in [-0.39, 0.29) is 47.2 Å². The molecule has 0 spiro atoms. The van der Waals surface area contributed by atoms with Crippen LogP contribution in [0.3, 0.4) is 0 Å². The van der Waals surface area contributed by atoms with E-state index in [4.69, 9.17) is 5.73 Å². The molecule has 124 valence electrons. The number of hydrogen-bond acceptors (Lipinski definition) is 6. The maximum atomic E-state index is 13.0. The molecule has 2 N–H and O–H groups in total. The van der Waals surface area contributed by atoms with Crippen molar-refractivity contribution in [3.63, 3.8) is 0 Å². The molecule has 0 aliphatic rings. The Morgan fingerprint density at radius 2 is 1.12 bits per heavy atom. The number of anilines is 1. The molecule has 5 rings (SSSR count). The highest BCUT2D eigenvalue weighted by Gasteiger charge is 2.21. The molecule has 0 atom stereocenters. The topological polar surface area (TPSA) is 94.3 Å². The van der Waals surface area contributed by atoms with E-state index in [0.29, 0.717) is 11.1 Å². The zero-order valence-corrected chi connectivity index (χ0v) is 14.0. The van der Waals surface area contributed by atoms with Gasteiger partial charge in [-0.25, -0.2) is 0 Å². The first kappa shape index (κ1) is 14.9. The molecule has 4 aromatic carbocycles. The van der Waals surface area contributed by atoms with Gasteiger partial charge in [-0.2, -0.15) is 0 Å². The molecule has 5 nitrogen and oxygen atoms in total. The molecule has 0 unspecified atom stereocenters. The second-order valence-electron chi connectivity index (χ2n) is 6.18. The Morgan fingerprint density at radius 1 is 0.615 bits per heavy atom. The predicted molar refractivity (Wildman–Crippen MR) is 106 cm³/mol. The summed E-state index contributed by atoms with van der Waals surface area (Å²) >= 11 is 0.921. The largest absolute Gasteiger partial charge is 0.399 e. The summed E-state index contributed by atoms with van der Waals surface area (Å²) in [5, 5.41) is 1.03. The monoisotopic (exact) mass is 359 g/mol. The van der Waals surface area contributed by atoms with E-state index in [9.17, 15) is 19.2 Å². The number of nitrogens with two attached hydrogens (primary N) is 1. The molecule has 0 saturated heterocycles. The van der Waals surface area contributed by atoms with Crippen molar-refractivity contribution in [1.82, 2.24) is 0 Å². The average molecular weight is 359 g/mol. The van der Waals surface area contributed by atoms with Crippen molar-refractivity contribution in [1.29, 1.82) is 0 Å². The van der Waals surface area contributed by atoms with E-state index in [1.807, 2.05) is 0 Å². The van der Waals surface area contributed by atoms with E-state index in [1.165, 1.54) is 12.1 Å². The van der Waals surface area contributed by atoms with Crippen molar-refractivity contribution < 1.29 is 0 Å². The minimum absolute atomic E-state index is 0.0287. The second kappa shape index (κ2) is 4.83. The van der Waals surface area contributed by atoms with E-state index in [1.54, 1.807) is 30.3 Å². The summed E-state index contributed by atoms with van der Waals surface area (Å²) in [6.07, 6.45) is 0. The number of thiophene rings is 1. The lowest BCUT2D eigenvalue weighted by molar-refractivity contribution is 1.68. The summed E-state index contributed by atoms with van der Waals surface area (Å²) in [5.74, 6) is 0. The molecule has 0 aliphatic heterocycles. The van der Waals surface area contributed by atoms with Gasteiger partial charge in [0, 0.05) is 27.2 Å². The number of benzene rings is 4. The first-order chi connectivity index (χ1) is 12.5. The van der Waals surface area contributed by atoms with Crippen molar-refractivity contribution in [2.24, 2.45) is 0 Å². The lowest BCUT2D eigenvalue weighted by Gasteiger charge is -1.99. The Hall–Kier alpha value is -3.38. The highest BCUT2D eigenvalue weighted by atomic mass is 32.1. The first-order valence-corrected chi connectivity index (χ1v) is 8.65. The van der Waals surface area contributed by atoms with E-state index >= 15 is 0 Å². The van der Waals surface area contributed by atoms with E-state index < -0.39 is 10.9 Å². The van der Waals surface area contributed by atoms with Gasteiger partial charge in [0.1, 0.15) is 0 Å². The van der Waals surface area contributed by atoms with Crippen LogP contribution in [0.4, 0.5) is 5.69 Å². The van der Waals surface area contributed by atoms with Crippen LogP contribution >= 0.6 is 11.3 Å². The van der Waals surface area contributed by atoms with Gasteiger partial charge in [-0.3, -0.25) is 19.2 Å². The molecule has 0 radical (unpaired) electrons. The molecule has 1 heterocycles. The van der Waals surface area contributed by atoms with E-state index in [2.05, 4.69) is 0 Å². The molecule has 1 aromatic heterocycles. The first-order valence-electron chi connectivity index (χ1n) is 7.83. The highest BCUT2D eigenvalue weighted by Crippen LogP contribution is 2.29. The molecule has 26 heavy (non-hydrogen) atoms. The zero-order chi connectivity index (χ0) is 18.2. The normalized spacial score (nSPS) is 11.8. The third-order valence-electron chi connectivity index (χ3n) is 4.72. The van der Waals surface area contributed by atoms with Crippen molar-refractivity contribution in [2.75, 3.05) is 5.73 Å². The van der Waals surface area contributed by atoms with Crippen molar-refractivity contribution >= 4 is 58.7 Å². The van der Waals surface area contributed by atoms with Gasteiger partial charge < -0.3 is 5.73 Å². The van der Waals surface area contributed by atoms with Crippen LogP contribution in [0.5, 0.6) is 0 Å². The number of hydrogen-bond donors (Lipinski definition) is 1. The molecule has 6 heteroatoms. The standard InChI is InChI=1S/C20H9NO4S/c21-8-5-6-11-12(7-8)16(23)14-13-15(22)9-3-1-2-4-10(9)17(24)19(13)26-20(14)18(11)25/h1-7H,21H2. The summed E-state index contributed by atoms with van der Waals surface area (Å²) in [5.41, 5.74) is 4.56. The minimum Gasteiger partial charge on any atom is -0.399 e. The van der Waals surface area contributed by atoms with Crippen molar-refractivity contribution in [2.45, 2.75) is 0 Å². The summed E-state index contributed by atoms with van der Waals surface area (Å²) in [4.78, 5) is 51.7. The molecule has 5 aromatic rings. The average Bonchev–Trinajstić information content (AvgIpc) is 3.05. The van der Waals surface area contributed by atoms with E-state index in [0.717, 1.165) is 11.3 Å². The van der Waals surface area contributed by atoms with Crippen LogP contribution in [0.1, 0.15) is 0 Å². The third-order valence-corrected chi connectivity index (χ3v) is 5.91. The molecule has 0 saturated carbocycles. The summed E-state index contributed by atoms with van der Waals surface area (Å²) < 4.78 is 0.299. The van der Waals surface area contributed by atoms with Gasteiger partial charge in [-0.05, 0) is 18.2 Å². The van der Waals surface area contributed by atoms with Gasteiger partial charge in [-0.15, -0.1) is 11.3 Å². The lowest BCUT2D eigenvalue weighted by atomic mass is 10.0. The zero-order valence-electron chi connectivity index (χ0n) is 13.2. The molecular formula is C20H9NO4S. The molecule has 0 aliphatic carbocycles. The van der Waals surface area contributed by atoms with Gasteiger partial charge >= 0.3 is 0 Å². The summed E-state index contributed by atoms with van der Waals surface area (Å²) in [6, 6.07) is 11.0. The van der Waals surface area contributed by atoms with Gasteiger partial charge in [0.15, 0.2) is 10.9 Å². The number of fused-ring (bicyclic) bond motifs is 5. The Morgan fingerprint density at radius 3 is 1.73 bits per heavy atom. The molecule has 0 bridgehead atoms. The summed E-state index contributed by atoms with van der Waals surface area (Å²) in [7, 11) is 0. The van der Waals surface area contributed by atoms with Crippen LogP contribution in [0.2, 0.25) is 0 Å². The number of rotatable bonds is 0. The second-order valence-corrected chi connectivity index (χ2v) is 7.20. The van der Waals surface area contributed by atoms with Crippen molar-refractivity contribution in [3.8, 4) is 0 Å². The Bertz CT molecular complexity index is 1620. The maximum Gasteiger partial charge on any atom is 0.204 e. The highest BCUT2D eigenvalue weighted by molar-refractivity contribution is 7.25. The van der Waals surface area contributed by atoms with Gasteiger partial charge in [-0.1, -0.05) is 24.3 Å². The predicted octanol–water partition coefficient (Wildman–Crippen LogP) is 2.26. The maximum absolute atomic E-state index is 13.0. The van der Waals surface area contributed by atoms with Crippen LogP contribution in [0.15, 0.2) is 61.6 Å². The Kier molecular flexibility index (Phi) is 2.77.